The first kappa shape index (κ1) is 17.3. The monoisotopic (exact) mass is 318 g/mol. The molecule has 1 heterocycles. The molecule has 1 N–H and O–H groups in total. The van der Waals surface area contributed by atoms with E-state index in [-0.39, 0.29) is 5.91 Å². The first-order valence-corrected chi connectivity index (χ1v) is 8.13. The molecule has 5 heteroatoms. The van der Waals surface area contributed by atoms with Crippen molar-refractivity contribution in [3.8, 4) is 11.5 Å². The van der Waals surface area contributed by atoms with Gasteiger partial charge in [0, 0.05) is 18.2 Å². The summed E-state index contributed by atoms with van der Waals surface area (Å²) < 4.78 is 10.8. The van der Waals surface area contributed by atoms with Gasteiger partial charge in [0.2, 0.25) is 0 Å². The maximum atomic E-state index is 12.3. The molecule has 5 nitrogen and oxygen atoms in total. The van der Waals surface area contributed by atoms with Gasteiger partial charge in [0.05, 0.1) is 7.11 Å². The van der Waals surface area contributed by atoms with Crippen molar-refractivity contribution in [3.05, 3.63) is 36.4 Å². The van der Waals surface area contributed by atoms with Crippen molar-refractivity contribution in [2.45, 2.75) is 25.8 Å². The van der Waals surface area contributed by atoms with Crippen LogP contribution in [-0.2, 0) is 0 Å². The Kier molecular flexibility index (Phi) is 6.47. The van der Waals surface area contributed by atoms with E-state index in [4.69, 9.17) is 9.47 Å². The average molecular weight is 318 g/mol. The lowest BCUT2D eigenvalue weighted by Gasteiger charge is -2.23. The summed E-state index contributed by atoms with van der Waals surface area (Å²) in [7, 11) is 1.56. The van der Waals surface area contributed by atoms with Crippen LogP contribution < -0.4 is 14.8 Å². The molecular weight excluding hydrogens is 292 g/mol. The molecule has 1 aliphatic rings. The van der Waals surface area contributed by atoms with E-state index in [2.05, 4.69) is 23.7 Å². The van der Waals surface area contributed by atoms with E-state index in [9.17, 15) is 4.79 Å². The number of nitrogens with zero attached hydrogens (tertiary/aromatic N) is 1. The third kappa shape index (κ3) is 4.48. The number of nitrogens with one attached hydrogen (secondary N) is 1. The molecule has 1 saturated heterocycles. The van der Waals surface area contributed by atoms with Crippen LogP contribution in [0.4, 0.5) is 0 Å². The van der Waals surface area contributed by atoms with Crippen LogP contribution in [-0.4, -0.2) is 50.2 Å². The molecule has 126 valence electrons. The summed E-state index contributed by atoms with van der Waals surface area (Å²) in [6, 6.07) is 5.66. The molecule has 0 bridgehead atoms. The topological polar surface area (TPSA) is 50.8 Å². The summed E-state index contributed by atoms with van der Waals surface area (Å²) >= 11 is 0. The van der Waals surface area contributed by atoms with Crippen LogP contribution in [0, 0.1) is 0 Å². The minimum Gasteiger partial charge on any atom is -0.493 e. The second-order valence-corrected chi connectivity index (χ2v) is 5.60. The third-order valence-corrected chi connectivity index (χ3v) is 4.19. The summed E-state index contributed by atoms with van der Waals surface area (Å²) in [5.41, 5.74) is 0.578. The first-order chi connectivity index (χ1) is 11.2. The number of likely N-dealkylation sites (tertiary alicyclic amines) is 1. The molecule has 1 atom stereocenters. The average Bonchev–Trinajstić information content (AvgIpc) is 3.05. The fourth-order valence-electron chi connectivity index (χ4n) is 2.93. The van der Waals surface area contributed by atoms with E-state index < -0.39 is 0 Å². The summed E-state index contributed by atoms with van der Waals surface area (Å²) in [5, 5.41) is 3.03. The lowest BCUT2D eigenvalue weighted by molar-refractivity contribution is 0.0941. The van der Waals surface area contributed by atoms with Gasteiger partial charge in [-0.1, -0.05) is 19.6 Å². The van der Waals surface area contributed by atoms with E-state index in [0.29, 0.717) is 36.3 Å². The van der Waals surface area contributed by atoms with E-state index in [1.807, 2.05) is 0 Å². The summed E-state index contributed by atoms with van der Waals surface area (Å²) in [6.45, 7) is 9.02. The van der Waals surface area contributed by atoms with Crippen LogP contribution in [0.15, 0.2) is 30.9 Å². The van der Waals surface area contributed by atoms with Crippen molar-refractivity contribution < 1.29 is 14.3 Å². The van der Waals surface area contributed by atoms with Crippen molar-refractivity contribution in [2.24, 2.45) is 0 Å². The van der Waals surface area contributed by atoms with Gasteiger partial charge < -0.3 is 14.8 Å². The highest BCUT2D eigenvalue weighted by molar-refractivity contribution is 5.94. The Hall–Kier alpha value is -2.01. The minimum atomic E-state index is -0.0819. The summed E-state index contributed by atoms with van der Waals surface area (Å²) in [4.78, 5) is 14.8. The number of ether oxygens (including phenoxy) is 2. The largest absolute Gasteiger partial charge is 0.493 e. The van der Waals surface area contributed by atoms with Crippen LogP contribution in [0.2, 0.25) is 0 Å². The Morgan fingerprint density at radius 3 is 3.00 bits per heavy atom. The number of rotatable bonds is 8. The maximum Gasteiger partial charge on any atom is 0.251 e. The molecular formula is C18H26N2O3. The Balaban J connectivity index is 1.97. The number of carbonyl (C=O) groups is 1. The molecule has 0 radical (unpaired) electrons. The zero-order chi connectivity index (χ0) is 16.7. The summed E-state index contributed by atoms with van der Waals surface area (Å²) in [5.74, 6) is 1.08. The molecule has 1 amide bonds. The van der Waals surface area contributed by atoms with Gasteiger partial charge in [-0.3, -0.25) is 9.69 Å². The van der Waals surface area contributed by atoms with Crippen molar-refractivity contribution in [2.75, 3.05) is 33.4 Å². The van der Waals surface area contributed by atoms with Crippen molar-refractivity contribution in [3.63, 3.8) is 0 Å². The van der Waals surface area contributed by atoms with Gasteiger partial charge in [0.25, 0.3) is 5.91 Å². The molecule has 1 aliphatic heterocycles. The third-order valence-electron chi connectivity index (χ3n) is 4.19. The molecule has 23 heavy (non-hydrogen) atoms. The molecule has 0 aromatic heterocycles. The molecule has 2 rings (SSSR count). The standard InChI is InChI=1S/C18H26N2O3/c1-4-11-23-16-9-8-14(12-17(16)22-3)18(21)19-13-15-7-6-10-20(15)5-2/h4,8-9,12,15H,1,5-7,10-11,13H2,2-3H3,(H,19,21). The van der Waals surface area contributed by atoms with E-state index in [1.165, 1.54) is 6.42 Å². The molecule has 0 spiro atoms. The number of benzene rings is 1. The molecule has 0 aliphatic carbocycles. The SMILES string of the molecule is C=CCOc1ccc(C(=O)NCC2CCCN2CC)cc1OC. The fraction of sp³-hybridized carbons (Fsp3) is 0.500. The quantitative estimate of drug-likeness (QED) is 0.748. The smallest absolute Gasteiger partial charge is 0.251 e. The fourth-order valence-corrected chi connectivity index (χ4v) is 2.93. The molecule has 1 aromatic rings. The van der Waals surface area contributed by atoms with Crippen LogP contribution in [0.3, 0.4) is 0 Å². The van der Waals surface area contributed by atoms with Gasteiger partial charge in [0.15, 0.2) is 11.5 Å². The Morgan fingerprint density at radius 1 is 1.48 bits per heavy atom. The Labute approximate surface area is 138 Å². The lowest BCUT2D eigenvalue weighted by Crippen LogP contribution is -2.40. The van der Waals surface area contributed by atoms with Crippen molar-refractivity contribution in [1.82, 2.24) is 10.2 Å². The molecule has 1 fully saturated rings. The van der Waals surface area contributed by atoms with Crippen LogP contribution in [0.1, 0.15) is 30.1 Å². The van der Waals surface area contributed by atoms with Gasteiger partial charge >= 0.3 is 0 Å². The van der Waals surface area contributed by atoms with Gasteiger partial charge in [-0.15, -0.1) is 0 Å². The Bertz CT molecular complexity index is 545. The Morgan fingerprint density at radius 2 is 2.30 bits per heavy atom. The van der Waals surface area contributed by atoms with Crippen molar-refractivity contribution in [1.29, 1.82) is 0 Å². The predicted molar refractivity (Wildman–Crippen MR) is 91.3 cm³/mol. The van der Waals surface area contributed by atoms with Crippen LogP contribution in [0.25, 0.3) is 0 Å². The van der Waals surface area contributed by atoms with Crippen LogP contribution >= 0.6 is 0 Å². The van der Waals surface area contributed by atoms with Crippen molar-refractivity contribution >= 4 is 5.91 Å². The normalized spacial score (nSPS) is 17.7. The number of amides is 1. The second kappa shape index (κ2) is 8.58. The molecule has 0 saturated carbocycles. The second-order valence-electron chi connectivity index (χ2n) is 5.60. The number of likely N-dealkylation sites (N-methyl/N-ethyl adjacent to an activating group) is 1. The summed E-state index contributed by atoms with van der Waals surface area (Å²) in [6.07, 6.45) is 4.02. The minimum absolute atomic E-state index is 0.0819. The molecule has 1 aromatic carbocycles. The van der Waals surface area contributed by atoms with Gasteiger partial charge in [-0.2, -0.15) is 0 Å². The van der Waals surface area contributed by atoms with Gasteiger partial charge in [0.1, 0.15) is 6.61 Å². The predicted octanol–water partition coefficient (Wildman–Crippen LogP) is 2.47. The highest BCUT2D eigenvalue weighted by Crippen LogP contribution is 2.28. The molecule has 1 unspecified atom stereocenters. The number of hydrogen-bond donors (Lipinski definition) is 1. The maximum absolute atomic E-state index is 12.3. The van der Waals surface area contributed by atoms with Crippen LogP contribution in [0.5, 0.6) is 11.5 Å². The number of hydrogen-bond acceptors (Lipinski definition) is 4. The number of carbonyl (C=O) groups excluding carboxylic acids is 1. The first-order valence-electron chi connectivity index (χ1n) is 8.13. The van der Waals surface area contributed by atoms with E-state index in [1.54, 1.807) is 31.4 Å². The lowest BCUT2D eigenvalue weighted by atomic mass is 10.1. The van der Waals surface area contributed by atoms with E-state index >= 15 is 0 Å². The number of methoxy groups -OCH3 is 1. The highest BCUT2D eigenvalue weighted by Gasteiger charge is 2.23. The van der Waals surface area contributed by atoms with Gasteiger partial charge in [-0.25, -0.2) is 0 Å². The zero-order valence-corrected chi connectivity index (χ0v) is 14.0. The zero-order valence-electron chi connectivity index (χ0n) is 14.0. The van der Waals surface area contributed by atoms with E-state index in [0.717, 1.165) is 19.5 Å². The highest BCUT2D eigenvalue weighted by atomic mass is 16.5. The van der Waals surface area contributed by atoms with Gasteiger partial charge in [-0.05, 0) is 44.1 Å².